The van der Waals surface area contributed by atoms with E-state index in [1.807, 2.05) is 6.07 Å². The third kappa shape index (κ3) is 3.37. The number of carbonyl (C=O) groups excluding carboxylic acids is 1. The molecule has 1 aliphatic rings. The summed E-state index contributed by atoms with van der Waals surface area (Å²) >= 11 is 0. The highest BCUT2D eigenvalue weighted by molar-refractivity contribution is 6.06. The molecule has 0 radical (unpaired) electrons. The van der Waals surface area contributed by atoms with E-state index in [1.165, 1.54) is 7.11 Å². The summed E-state index contributed by atoms with van der Waals surface area (Å²) in [5.41, 5.74) is 1.01. The minimum Gasteiger partial charge on any atom is -0.497 e. The average Bonchev–Trinajstić information content (AvgIpc) is 2.85. The monoisotopic (exact) mass is 329 g/mol. The summed E-state index contributed by atoms with van der Waals surface area (Å²) in [5.74, 6) is 1.93. The van der Waals surface area contributed by atoms with Gasteiger partial charge in [-0.05, 0) is 12.1 Å². The molecular formula is C18H19NO5. The van der Waals surface area contributed by atoms with Gasteiger partial charge in [0.05, 0.1) is 33.0 Å². The second-order valence-corrected chi connectivity index (χ2v) is 5.24. The van der Waals surface area contributed by atoms with E-state index in [0.717, 1.165) is 6.42 Å². The van der Waals surface area contributed by atoms with Crippen LogP contribution in [-0.2, 0) is 0 Å². The molecule has 2 aromatic carbocycles. The number of methoxy groups -OCH3 is 2. The van der Waals surface area contributed by atoms with Gasteiger partial charge in [0, 0.05) is 30.3 Å². The van der Waals surface area contributed by atoms with Gasteiger partial charge in [-0.1, -0.05) is 6.07 Å². The van der Waals surface area contributed by atoms with Gasteiger partial charge in [0.2, 0.25) is 0 Å². The fourth-order valence-corrected chi connectivity index (χ4v) is 2.44. The van der Waals surface area contributed by atoms with E-state index in [4.69, 9.17) is 18.9 Å². The standard InChI is InChI=1S/C18H19NO5/c1-21-13-6-3-5-12(9-13)19-18(20)14-10-16-17(11-15(14)22-2)24-8-4-7-23-16/h3,5-6,9-11H,4,7-8H2,1-2H3,(H,19,20). The van der Waals surface area contributed by atoms with Gasteiger partial charge in [-0.15, -0.1) is 0 Å². The third-order valence-corrected chi connectivity index (χ3v) is 3.64. The van der Waals surface area contributed by atoms with Crippen LogP contribution in [0.2, 0.25) is 0 Å². The Hall–Kier alpha value is -2.89. The van der Waals surface area contributed by atoms with Gasteiger partial charge in [-0.3, -0.25) is 4.79 Å². The molecule has 1 N–H and O–H groups in total. The third-order valence-electron chi connectivity index (χ3n) is 3.64. The lowest BCUT2D eigenvalue weighted by Gasteiger charge is -2.14. The summed E-state index contributed by atoms with van der Waals surface area (Å²) < 4.78 is 21.8. The molecule has 6 heteroatoms. The molecule has 0 fully saturated rings. The second-order valence-electron chi connectivity index (χ2n) is 5.24. The molecule has 0 saturated heterocycles. The van der Waals surface area contributed by atoms with E-state index in [-0.39, 0.29) is 5.91 Å². The number of hydrogen-bond acceptors (Lipinski definition) is 5. The summed E-state index contributed by atoms with van der Waals surface area (Å²) in [4.78, 5) is 12.6. The average molecular weight is 329 g/mol. The number of ether oxygens (including phenoxy) is 4. The van der Waals surface area contributed by atoms with Crippen LogP contribution in [0, 0.1) is 0 Å². The first-order chi connectivity index (χ1) is 11.7. The normalized spacial score (nSPS) is 12.9. The van der Waals surface area contributed by atoms with Gasteiger partial charge >= 0.3 is 0 Å². The maximum absolute atomic E-state index is 12.6. The molecular weight excluding hydrogens is 310 g/mol. The molecule has 1 heterocycles. The number of benzene rings is 2. The van der Waals surface area contributed by atoms with Crippen LogP contribution in [0.15, 0.2) is 36.4 Å². The molecule has 126 valence electrons. The second kappa shape index (κ2) is 7.12. The predicted molar refractivity (Wildman–Crippen MR) is 89.5 cm³/mol. The summed E-state index contributed by atoms with van der Waals surface area (Å²) in [6.07, 6.45) is 0.794. The minimum atomic E-state index is -0.296. The SMILES string of the molecule is COc1cccc(NC(=O)c2cc3c(cc2OC)OCCCO3)c1. The van der Waals surface area contributed by atoms with Crippen molar-refractivity contribution in [2.75, 3.05) is 32.8 Å². The molecule has 0 unspecified atom stereocenters. The Bertz CT molecular complexity index is 744. The number of anilines is 1. The number of carbonyl (C=O) groups is 1. The molecule has 6 nitrogen and oxygen atoms in total. The minimum absolute atomic E-state index is 0.296. The Labute approximate surface area is 140 Å². The largest absolute Gasteiger partial charge is 0.497 e. The van der Waals surface area contributed by atoms with Crippen molar-refractivity contribution in [2.45, 2.75) is 6.42 Å². The Balaban J connectivity index is 1.89. The molecule has 2 aromatic rings. The molecule has 0 aliphatic carbocycles. The molecule has 0 spiro atoms. The molecule has 0 saturated carbocycles. The lowest BCUT2D eigenvalue weighted by Crippen LogP contribution is -2.13. The maximum Gasteiger partial charge on any atom is 0.259 e. The molecule has 1 aliphatic heterocycles. The molecule has 24 heavy (non-hydrogen) atoms. The van der Waals surface area contributed by atoms with Gasteiger partial charge in [0.1, 0.15) is 11.5 Å². The first-order valence-corrected chi connectivity index (χ1v) is 7.64. The zero-order chi connectivity index (χ0) is 16.9. The smallest absolute Gasteiger partial charge is 0.259 e. The topological polar surface area (TPSA) is 66.0 Å². The van der Waals surface area contributed by atoms with E-state index < -0.39 is 0 Å². The Kier molecular flexibility index (Phi) is 4.74. The number of amides is 1. The van der Waals surface area contributed by atoms with Crippen molar-refractivity contribution < 1.29 is 23.7 Å². The van der Waals surface area contributed by atoms with Crippen LogP contribution in [0.1, 0.15) is 16.8 Å². The summed E-state index contributed by atoms with van der Waals surface area (Å²) in [6, 6.07) is 10.5. The Morgan fingerprint density at radius 2 is 1.79 bits per heavy atom. The van der Waals surface area contributed by atoms with Crippen LogP contribution in [-0.4, -0.2) is 33.3 Å². The fourth-order valence-electron chi connectivity index (χ4n) is 2.44. The Morgan fingerprint density at radius 1 is 1.04 bits per heavy atom. The van der Waals surface area contributed by atoms with Crippen molar-refractivity contribution in [2.24, 2.45) is 0 Å². The Morgan fingerprint density at radius 3 is 2.50 bits per heavy atom. The summed E-state index contributed by atoms with van der Waals surface area (Å²) in [5, 5.41) is 2.83. The van der Waals surface area contributed by atoms with Gasteiger partial charge < -0.3 is 24.3 Å². The zero-order valence-corrected chi connectivity index (χ0v) is 13.6. The quantitative estimate of drug-likeness (QED) is 0.933. The highest BCUT2D eigenvalue weighted by atomic mass is 16.5. The van der Waals surface area contributed by atoms with E-state index in [0.29, 0.717) is 47.5 Å². The zero-order valence-electron chi connectivity index (χ0n) is 13.6. The first kappa shape index (κ1) is 16.0. The molecule has 0 bridgehead atoms. The number of fused-ring (bicyclic) bond motifs is 1. The highest BCUT2D eigenvalue weighted by Crippen LogP contribution is 2.36. The van der Waals surface area contributed by atoms with E-state index in [1.54, 1.807) is 37.4 Å². The lowest BCUT2D eigenvalue weighted by molar-refractivity contribution is 0.102. The number of rotatable bonds is 4. The molecule has 1 amide bonds. The van der Waals surface area contributed by atoms with Crippen molar-refractivity contribution >= 4 is 11.6 Å². The fraction of sp³-hybridized carbons (Fsp3) is 0.278. The van der Waals surface area contributed by atoms with Gasteiger partial charge in [-0.25, -0.2) is 0 Å². The van der Waals surface area contributed by atoms with Crippen LogP contribution < -0.4 is 24.3 Å². The summed E-state index contributed by atoms with van der Waals surface area (Å²) in [6.45, 7) is 1.13. The van der Waals surface area contributed by atoms with Gasteiger partial charge in [0.25, 0.3) is 5.91 Å². The van der Waals surface area contributed by atoms with Crippen molar-refractivity contribution in [3.05, 3.63) is 42.0 Å². The van der Waals surface area contributed by atoms with Crippen LogP contribution in [0.5, 0.6) is 23.0 Å². The van der Waals surface area contributed by atoms with Crippen molar-refractivity contribution in [1.82, 2.24) is 0 Å². The van der Waals surface area contributed by atoms with Crippen LogP contribution in [0.4, 0.5) is 5.69 Å². The summed E-state index contributed by atoms with van der Waals surface area (Å²) in [7, 11) is 3.09. The number of hydrogen-bond donors (Lipinski definition) is 1. The molecule has 3 rings (SSSR count). The van der Waals surface area contributed by atoms with Gasteiger partial charge in [-0.2, -0.15) is 0 Å². The van der Waals surface area contributed by atoms with Crippen molar-refractivity contribution in [1.29, 1.82) is 0 Å². The highest BCUT2D eigenvalue weighted by Gasteiger charge is 2.20. The van der Waals surface area contributed by atoms with Crippen LogP contribution in [0.3, 0.4) is 0 Å². The van der Waals surface area contributed by atoms with E-state index >= 15 is 0 Å². The number of nitrogens with one attached hydrogen (secondary N) is 1. The maximum atomic E-state index is 12.6. The molecule has 0 atom stereocenters. The molecule has 0 aromatic heterocycles. The van der Waals surface area contributed by atoms with Crippen LogP contribution >= 0.6 is 0 Å². The van der Waals surface area contributed by atoms with Crippen molar-refractivity contribution in [3.8, 4) is 23.0 Å². The lowest BCUT2D eigenvalue weighted by atomic mass is 10.1. The van der Waals surface area contributed by atoms with Crippen molar-refractivity contribution in [3.63, 3.8) is 0 Å². The van der Waals surface area contributed by atoms with Gasteiger partial charge in [0.15, 0.2) is 11.5 Å². The van der Waals surface area contributed by atoms with E-state index in [9.17, 15) is 4.79 Å². The van der Waals surface area contributed by atoms with E-state index in [2.05, 4.69) is 5.32 Å². The predicted octanol–water partition coefficient (Wildman–Crippen LogP) is 3.12. The van der Waals surface area contributed by atoms with Crippen LogP contribution in [0.25, 0.3) is 0 Å². The first-order valence-electron chi connectivity index (χ1n) is 7.64.